The summed E-state index contributed by atoms with van der Waals surface area (Å²) in [5.74, 6) is -2.52. The molecule has 0 aromatic heterocycles. The third kappa shape index (κ3) is 1.42. The van der Waals surface area contributed by atoms with Gasteiger partial charge in [0.2, 0.25) is 0 Å². The molecule has 1 aliphatic rings. The molecule has 1 aromatic rings. The van der Waals surface area contributed by atoms with Crippen molar-refractivity contribution in [2.75, 3.05) is 6.61 Å². The number of rotatable bonds is 4. The van der Waals surface area contributed by atoms with Gasteiger partial charge in [0.15, 0.2) is 0 Å². The Hall–Kier alpha value is -1.68. The number of Topliss-reactive ketones (excluding diaryl/α,β-unsaturated/α-hetero) is 1. The van der Waals surface area contributed by atoms with Crippen LogP contribution in [0.25, 0.3) is 0 Å². The van der Waals surface area contributed by atoms with E-state index in [2.05, 4.69) is 0 Å². The fraction of sp³-hybridized carbons (Fsp3) is 0.333. The standard InChI is InChI=1S/C12H12O4/c13-7-9-6-12(9,10(14)11(15)16)8-4-2-1-3-5-8/h1-5,9,13H,6-7H2,(H,15,16). The van der Waals surface area contributed by atoms with Gasteiger partial charge in [-0.15, -0.1) is 0 Å². The first-order valence-electron chi connectivity index (χ1n) is 5.07. The van der Waals surface area contributed by atoms with Crippen molar-refractivity contribution < 1.29 is 19.8 Å². The Kier molecular flexibility index (Phi) is 2.52. The Morgan fingerprint density at radius 2 is 1.94 bits per heavy atom. The van der Waals surface area contributed by atoms with Crippen LogP contribution in [0.15, 0.2) is 30.3 Å². The molecule has 1 fully saturated rings. The molecule has 1 aliphatic carbocycles. The quantitative estimate of drug-likeness (QED) is 0.728. The van der Waals surface area contributed by atoms with Gasteiger partial charge in [0.25, 0.3) is 5.78 Å². The first-order valence-corrected chi connectivity index (χ1v) is 5.07. The Balaban J connectivity index is 2.40. The van der Waals surface area contributed by atoms with Crippen LogP contribution in [0.2, 0.25) is 0 Å². The minimum absolute atomic E-state index is 0.159. The summed E-state index contributed by atoms with van der Waals surface area (Å²) in [7, 11) is 0. The molecular formula is C12H12O4. The van der Waals surface area contributed by atoms with Crippen LogP contribution in [0.3, 0.4) is 0 Å². The number of aliphatic hydroxyl groups excluding tert-OH is 1. The summed E-state index contributed by atoms with van der Waals surface area (Å²) in [4.78, 5) is 22.5. The van der Waals surface area contributed by atoms with Crippen molar-refractivity contribution in [1.29, 1.82) is 0 Å². The van der Waals surface area contributed by atoms with E-state index in [-0.39, 0.29) is 12.5 Å². The molecule has 1 saturated carbocycles. The molecule has 16 heavy (non-hydrogen) atoms. The first kappa shape index (κ1) is 10.8. The molecule has 1 aromatic carbocycles. The lowest BCUT2D eigenvalue weighted by Crippen LogP contribution is -2.30. The smallest absolute Gasteiger partial charge is 0.373 e. The van der Waals surface area contributed by atoms with Crippen LogP contribution in [0.5, 0.6) is 0 Å². The van der Waals surface area contributed by atoms with Crippen molar-refractivity contribution in [3.8, 4) is 0 Å². The lowest BCUT2D eigenvalue weighted by molar-refractivity contribution is -0.150. The number of benzene rings is 1. The predicted octanol–water partition coefficient (Wildman–Crippen LogP) is 0.590. The van der Waals surface area contributed by atoms with Crippen LogP contribution < -0.4 is 0 Å². The highest BCUT2D eigenvalue weighted by Crippen LogP contribution is 2.54. The molecule has 0 spiro atoms. The minimum atomic E-state index is -1.43. The zero-order chi connectivity index (χ0) is 11.8. The van der Waals surface area contributed by atoms with Crippen LogP contribution in [-0.2, 0) is 15.0 Å². The van der Waals surface area contributed by atoms with Gasteiger partial charge >= 0.3 is 5.97 Å². The van der Waals surface area contributed by atoms with Crippen molar-refractivity contribution in [2.45, 2.75) is 11.8 Å². The van der Waals surface area contributed by atoms with Gasteiger partial charge in [-0.25, -0.2) is 4.79 Å². The Labute approximate surface area is 92.5 Å². The number of carboxylic acids is 1. The number of carboxylic acid groups (broad SMARTS) is 1. The fourth-order valence-electron chi connectivity index (χ4n) is 2.24. The minimum Gasteiger partial charge on any atom is -0.475 e. The second-order valence-electron chi connectivity index (χ2n) is 4.06. The predicted molar refractivity (Wildman–Crippen MR) is 56.0 cm³/mol. The van der Waals surface area contributed by atoms with Gasteiger partial charge in [-0.05, 0) is 12.0 Å². The number of carbonyl (C=O) groups excluding carboxylic acids is 1. The van der Waals surface area contributed by atoms with Crippen LogP contribution in [0, 0.1) is 5.92 Å². The van der Waals surface area contributed by atoms with E-state index in [9.17, 15) is 9.59 Å². The SMILES string of the molecule is O=C(O)C(=O)C1(c2ccccc2)CC1CO. The second kappa shape index (κ2) is 3.72. The zero-order valence-electron chi connectivity index (χ0n) is 8.59. The zero-order valence-corrected chi connectivity index (χ0v) is 8.59. The second-order valence-corrected chi connectivity index (χ2v) is 4.06. The molecule has 0 bridgehead atoms. The highest BCUT2D eigenvalue weighted by molar-refractivity contribution is 6.37. The van der Waals surface area contributed by atoms with E-state index >= 15 is 0 Å². The molecule has 0 amide bonds. The van der Waals surface area contributed by atoms with Crippen LogP contribution >= 0.6 is 0 Å². The average Bonchev–Trinajstić information content (AvgIpc) is 3.04. The topological polar surface area (TPSA) is 74.6 Å². The molecule has 4 heteroatoms. The van der Waals surface area contributed by atoms with E-state index in [0.717, 1.165) is 0 Å². The maximum atomic E-state index is 11.7. The van der Waals surface area contributed by atoms with E-state index in [0.29, 0.717) is 12.0 Å². The number of ketones is 1. The summed E-state index contributed by atoms with van der Waals surface area (Å²) in [6.45, 7) is -0.159. The maximum absolute atomic E-state index is 11.7. The van der Waals surface area contributed by atoms with Gasteiger partial charge in [0.05, 0.1) is 5.41 Å². The molecule has 2 rings (SSSR count). The van der Waals surface area contributed by atoms with E-state index in [1.165, 1.54) is 0 Å². The average molecular weight is 220 g/mol. The summed E-state index contributed by atoms with van der Waals surface area (Å²) in [5, 5.41) is 17.9. The van der Waals surface area contributed by atoms with E-state index in [1.807, 2.05) is 0 Å². The molecule has 2 N–H and O–H groups in total. The normalized spacial score (nSPS) is 27.4. The molecule has 0 radical (unpaired) electrons. The van der Waals surface area contributed by atoms with E-state index in [4.69, 9.17) is 10.2 Å². The molecule has 4 nitrogen and oxygen atoms in total. The Bertz CT molecular complexity index is 426. The Morgan fingerprint density at radius 1 is 1.31 bits per heavy atom. The summed E-state index contributed by atoms with van der Waals surface area (Å²) in [5.41, 5.74) is -0.316. The largest absolute Gasteiger partial charge is 0.475 e. The van der Waals surface area contributed by atoms with E-state index < -0.39 is 17.2 Å². The van der Waals surface area contributed by atoms with Crippen molar-refractivity contribution in [2.24, 2.45) is 5.92 Å². The van der Waals surface area contributed by atoms with Gasteiger partial charge in [-0.3, -0.25) is 4.79 Å². The summed E-state index contributed by atoms with van der Waals surface area (Å²) < 4.78 is 0. The third-order valence-corrected chi connectivity index (χ3v) is 3.21. The number of aliphatic carboxylic acids is 1. The molecule has 0 saturated heterocycles. The number of aliphatic hydroxyl groups is 1. The van der Waals surface area contributed by atoms with Crippen LogP contribution in [0.4, 0.5) is 0 Å². The molecule has 2 atom stereocenters. The molecule has 0 heterocycles. The number of hydrogen-bond donors (Lipinski definition) is 2. The third-order valence-electron chi connectivity index (χ3n) is 3.21. The summed E-state index contributed by atoms with van der Waals surface area (Å²) in [6, 6.07) is 8.80. The lowest BCUT2D eigenvalue weighted by atomic mass is 9.89. The van der Waals surface area contributed by atoms with Crippen molar-refractivity contribution in [3.63, 3.8) is 0 Å². The fourth-order valence-corrected chi connectivity index (χ4v) is 2.24. The van der Waals surface area contributed by atoms with Gasteiger partial charge < -0.3 is 10.2 Å². The number of carbonyl (C=O) groups is 2. The van der Waals surface area contributed by atoms with Crippen molar-refractivity contribution >= 4 is 11.8 Å². The van der Waals surface area contributed by atoms with Gasteiger partial charge in [-0.1, -0.05) is 30.3 Å². The Morgan fingerprint density at radius 3 is 2.38 bits per heavy atom. The maximum Gasteiger partial charge on any atom is 0.373 e. The van der Waals surface area contributed by atoms with E-state index in [1.54, 1.807) is 30.3 Å². The van der Waals surface area contributed by atoms with Crippen molar-refractivity contribution in [1.82, 2.24) is 0 Å². The molecular weight excluding hydrogens is 208 g/mol. The molecule has 0 aliphatic heterocycles. The highest BCUT2D eigenvalue weighted by Gasteiger charge is 2.62. The number of hydrogen-bond acceptors (Lipinski definition) is 3. The molecule has 2 unspecified atom stereocenters. The molecule has 84 valence electrons. The lowest BCUT2D eigenvalue weighted by Gasteiger charge is -2.13. The highest BCUT2D eigenvalue weighted by atomic mass is 16.4. The van der Waals surface area contributed by atoms with Crippen LogP contribution in [0.1, 0.15) is 12.0 Å². The monoisotopic (exact) mass is 220 g/mol. The van der Waals surface area contributed by atoms with Crippen LogP contribution in [-0.4, -0.2) is 28.6 Å². The van der Waals surface area contributed by atoms with Gasteiger partial charge in [-0.2, -0.15) is 0 Å². The summed E-state index contributed by atoms with van der Waals surface area (Å²) >= 11 is 0. The van der Waals surface area contributed by atoms with Crippen molar-refractivity contribution in [3.05, 3.63) is 35.9 Å². The summed E-state index contributed by atoms with van der Waals surface area (Å²) in [6.07, 6.45) is 0.415. The van der Waals surface area contributed by atoms with Gasteiger partial charge in [0.1, 0.15) is 0 Å². The first-order chi connectivity index (χ1) is 7.63. The van der Waals surface area contributed by atoms with Gasteiger partial charge in [0, 0.05) is 12.5 Å².